The van der Waals surface area contributed by atoms with Crippen LogP contribution < -0.4 is 15.4 Å². The largest absolute Gasteiger partial charge is 0.478 e. The monoisotopic (exact) mass is 461 g/mol. The third kappa shape index (κ3) is 7.05. The molecule has 2 heterocycles. The molecule has 1 aromatic rings. The van der Waals surface area contributed by atoms with E-state index in [1.165, 1.54) is 0 Å². The molecule has 7 nitrogen and oxygen atoms in total. The lowest BCUT2D eigenvalue weighted by Gasteiger charge is -2.17. The molecule has 0 aliphatic carbocycles. The van der Waals surface area contributed by atoms with Crippen LogP contribution in [0.15, 0.2) is 23.3 Å². The van der Waals surface area contributed by atoms with E-state index < -0.39 is 0 Å². The molecule has 0 atom stereocenters. The van der Waals surface area contributed by atoms with Crippen molar-refractivity contribution in [3.8, 4) is 5.88 Å². The van der Waals surface area contributed by atoms with Crippen molar-refractivity contribution in [2.24, 2.45) is 4.99 Å². The zero-order valence-corrected chi connectivity index (χ0v) is 17.3. The molecule has 8 heteroatoms. The molecule has 1 aromatic heterocycles. The van der Waals surface area contributed by atoms with E-state index >= 15 is 0 Å². The first kappa shape index (κ1) is 21.5. The van der Waals surface area contributed by atoms with Gasteiger partial charge in [0.25, 0.3) is 0 Å². The molecule has 0 spiro atoms. The van der Waals surface area contributed by atoms with Gasteiger partial charge in [-0.2, -0.15) is 0 Å². The van der Waals surface area contributed by atoms with Crippen molar-refractivity contribution < 1.29 is 9.53 Å². The second-order valence-electron chi connectivity index (χ2n) is 5.54. The van der Waals surface area contributed by atoms with E-state index in [9.17, 15) is 4.79 Å². The van der Waals surface area contributed by atoms with Crippen LogP contribution in [-0.2, 0) is 11.3 Å². The van der Waals surface area contributed by atoms with Gasteiger partial charge in [-0.1, -0.05) is 6.07 Å². The molecule has 1 saturated heterocycles. The third-order valence-corrected chi connectivity index (χ3v) is 3.75. The van der Waals surface area contributed by atoms with Crippen LogP contribution in [0, 0.1) is 0 Å². The van der Waals surface area contributed by atoms with Crippen molar-refractivity contribution in [1.82, 2.24) is 20.5 Å². The Bertz CT molecular complexity index is 562. The average molecular weight is 461 g/mol. The molecule has 25 heavy (non-hydrogen) atoms. The Hall–Kier alpha value is -1.58. The number of amides is 1. The first-order chi connectivity index (χ1) is 11.7. The fourth-order valence-corrected chi connectivity index (χ4v) is 2.55. The van der Waals surface area contributed by atoms with Gasteiger partial charge in [-0.3, -0.25) is 4.79 Å². The normalized spacial score (nSPS) is 14.0. The van der Waals surface area contributed by atoms with Crippen molar-refractivity contribution in [2.75, 3.05) is 32.8 Å². The van der Waals surface area contributed by atoms with Crippen LogP contribution in [0.5, 0.6) is 5.88 Å². The Balaban J connectivity index is 0.00000312. The fourth-order valence-electron chi connectivity index (χ4n) is 2.55. The fraction of sp³-hybridized carbons (Fsp3) is 0.588. The van der Waals surface area contributed by atoms with Crippen LogP contribution in [0.3, 0.4) is 0 Å². The molecule has 0 aromatic carbocycles. The number of rotatable bonds is 7. The summed E-state index contributed by atoms with van der Waals surface area (Å²) in [5, 5.41) is 6.26. The highest BCUT2D eigenvalue weighted by atomic mass is 127. The highest BCUT2D eigenvalue weighted by Gasteiger charge is 2.17. The summed E-state index contributed by atoms with van der Waals surface area (Å²) in [6.07, 6.45) is 3.90. The number of aromatic nitrogens is 1. The number of ether oxygens (including phenoxy) is 1. The maximum absolute atomic E-state index is 12.1. The number of nitrogens with zero attached hydrogens (tertiary/aromatic N) is 3. The van der Waals surface area contributed by atoms with Crippen LogP contribution in [0.25, 0.3) is 0 Å². The molecule has 1 amide bonds. The van der Waals surface area contributed by atoms with Crippen molar-refractivity contribution in [1.29, 1.82) is 0 Å². The molecule has 0 unspecified atom stereocenters. The van der Waals surface area contributed by atoms with Gasteiger partial charge in [0.15, 0.2) is 5.96 Å². The van der Waals surface area contributed by atoms with Gasteiger partial charge in [0.2, 0.25) is 11.8 Å². The van der Waals surface area contributed by atoms with Crippen molar-refractivity contribution in [3.63, 3.8) is 0 Å². The maximum Gasteiger partial charge on any atom is 0.241 e. The third-order valence-electron chi connectivity index (χ3n) is 3.75. The summed E-state index contributed by atoms with van der Waals surface area (Å²) in [6, 6.07) is 3.81. The van der Waals surface area contributed by atoms with Gasteiger partial charge in [0, 0.05) is 31.4 Å². The Kier molecular flexibility index (Phi) is 10.2. The van der Waals surface area contributed by atoms with Crippen molar-refractivity contribution in [3.05, 3.63) is 23.9 Å². The van der Waals surface area contributed by atoms with Crippen LogP contribution >= 0.6 is 24.0 Å². The summed E-state index contributed by atoms with van der Waals surface area (Å²) < 4.78 is 5.51. The summed E-state index contributed by atoms with van der Waals surface area (Å²) in [7, 11) is 0. The number of hydrogen-bond donors (Lipinski definition) is 2. The lowest BCUT2D eigenvalue weighted by molar-refractivity contribution is -0.128. The number of likely N-dealkylation sites (tertiary alicyclic amines) is 1. The molecule has 2 N–H and O–H groups in total. The minimum Gasteiger partial charge on any atom is -0.478 e. The number of halogens is 1. The maximum atomic E-state index is 12.1. The van der Waals surface area contributed by atoms with E-state index in [0.717, 1.165) is 38.0 Å². The molecule has 2 rings (SSSR count). The van der Waals surface area contributed by atoms with E-state index in [1.54, 1.807) is 6.20 Å². The molecule has 1 aliphatic rings. The summed E-state index contributed by atoms with van der Waals surface area (Å²) in [5.41, 5.74) is 0.919. The predicted octanol–water partition coefficient (Wildman–Crippen LogP) is 1.78. The molecule has 1 aliphatic heterocycles. The molecule has 0 saturated carbocycles. The highest BCUT2D eigenvalue weighted by Crippen LogP contribution is 2.15. The minimum atomic E-state index is 0. The number of carbonyl (C=O) groups is 1. The van der Waals surface area contributed by atoms with E-state index in [0.29, 0.717) is 25.0 Å². The van der Waals surface area contributed by atoms with Gasteiger partial charge < -0.3 is 20.3 Å². The topological polar surface area (TPSA) is 78.9 Å². The lowest BCUT2D eigenvalue weighted by atomic mass is 10.3. The Labute approximate surface area is 166 Å². The number of guanidine groups is 1. The van der Waals surface area contributed by atoms with Crippen LogP contribution in [0.2, 0.25) is 0 Å². The number of pyridine rings is 1. The molecule has 0 bridgehead atoms. The molecule has 1 fully saturated rings. The quantitative estimate of drug-likeness (QED) is 0.368. The average Bonchev–Trinajstić information content (AvgIpc) is 3.13. The number of nitrogens with one attached hydrogen (secondary N) is 2. The van der Waals surface area contributed by atoms with E-state index in [4.69, 9.17) is 4.74 Å². The number of carbonyl (C=O) groups excluding carboxylic acids is 1. The second kappa shape index (κ2) is 11.9. The van der Waals surface area contributed by atoms with Gasteiger partial charge in [-0.15, -0.1) is 24.0 Å². The van der Waals surface area contributed by atoms with E-state index in [-0.39, 0.29) is 36.4 Å². The van der Waals surface area contributed by atoms with Gasteiger partial charge >= 0.3 is 0 Å². The van der Waals surface area contributed by atoms with Crippen LogP contribution in [-0.4, -0.2) is 54.5 Å². The summed E-state index contributed by atoms with van der Waals surface area (Å²) >= 11 is 0. The number of hydrogen-bond acceptors (Lipinski definition) is 4. The number of aliphatic imine (C=N–C) groups is 1. The summed E-state index contributed by atoms with van der Waals surface area (Å²) in [4.78, 5) is 22.8. The van der Waals surface area contributed by atoms with Gasteiger partial charge in [-0.25, -0.2) is 9.98 Å². The zero-order chi connectivity index (χ0) is 17.2. The Morgan fingerprint density at radius 3 is 2.76 bits per heavy atom. The standard InChI is InChI=1S/C17H27N5O2.HI/c1-3-18-17(21-13-15(23)22-10-5-6-11-22)20-12-14-8-7-9-19-16(14)24-4-2;/h7-9H,3-6,10-13H2,1-2H3,(H2,18,20,21);1H. The SMILES string of the molecule is CCNC(=NCc1cccnc1OCC)NCC(=O)N1CCCC1.I. The first-order valence-corrected chi connectivity index (χ1v) is 8.61. The molecule has 0 radical (unpaired) electrons. The van der Waals surface area contributed by atoms with E-state index in [2.05, 4.69) is 20.6 Å². The molecule has 140 valence electrons. The summed E-state index contributed by atoms with van der Waals surface area (Å²) in [6.45, 7) is 7.65. The predicted molar refractivity (Wildman–Crippen MR) is 109 cm³/mol. The first-order valence-electron chi connectivity index (χ1n) is 8.61. The Morgan fingerprint density at radius 1 is 1.32 bits per heavy atom. The molecular formula is C17H28IN5O2. The smallest absolute Gasteiger partial charge is 0.241 e. The van der Waals surface area contributed by atoms with Crippen LogP contribution in [0.4, 0.5) is 0 Å². The zero-order valence-electron chi connectivity index (χ0n) is 15.0. The lowest BCUT2D eigenvalue weighted by Crippen LogP contribution is -2.44. The molecular weight excluding hydrogens is 433 g/mol. The van der Waals surface area contributed by atoms with Gasteiger partial charge in [0.1, 0.15) is 0 Å². The van der Waals surface area contributed by atoms with Gasteiger partial charge in [0.05, 0.1) is 19.7 Å². The van der Waals surface area contributed by atoms with Crippen molar-refractivity contribution in [2.45, 2.75) is 33.2 Å². The minimum absolute atomic E-state index is 0. The summed E-state index contributed by atoms with van der Waals surface area (Å²) in [5.74, 6) is 1.35. The highest BCUT2D eigenvalue weighted by molar-refractivity contribution is 14.0. The Morgan fingerprint density at radius 2 is 2.08 bits per heavy atom. The van der Waals surface area contributed by atoms with Gasteiger partial charge in [-0.05, 0) is 32.8 Å². The van der Waals surface area contributed by atoms with E-state index in [1.807, 2.05) is 30.9 Å². The van der Waals surface area contributed by atoms with Crippen LogP contribution in [0.1, 0.15) is 32.3 Å². The second-order valence-corrected chi connectivity index (χ2v) is 5.54. The van der Waals surface area contributed by atoms with Crippen molar-refractivity contribution >= 4 is 35.8 Å².